The second-order valence-corrected chi connectivity index (χ2v) is 9.70. The Hall–Kier alpha value is -3.73. The maximum absolute atomic E-state index is 13.5. The van der Waals surface area contributed by atoms with Crippen molar-refractivity contribution in [3.8, 4) is 0 Å². The molecule has 0 saturated carbocycles. The lowest BCUT2D eigenvalue weighted by molar-refractivity contribution is -0.153. The number of thiocarbonyl (C=S) groups is 1. The summed E-state index contributed by atoms with van der Waals surface area (Å²) >= 11 is 5.48. The van der Waals surface area contributed by atoms with Crippen LogP contribution in [0, 0.1) is 5.92 Å². The summed E-state index contributed by atoms with van der Waals surface area (Å²) in [5.41, 5.74) is 2.91. The third kappa shape index (κ3) is 5.57. The Labute approximate surface area is 226 Å². The number of hydrogen-bond acceptors (Lipinski definition) is 7. The van der Waals surface area contributed by atoms with E-state index >= 15 is 0 Å². The molecule has 5 rings (SSSR count). The van der Waals surface area contributed by atoms with E-state index in [4.69, 9.17) is 17.0 Å². The molecule has 9 nitrogen and oxygen atoms in total. The van der Waals surface area contributed by atoms with Crippen molar-refractivity contribution in [2.24, 2.45) is 11.0 Å². The van der Waals surface area contributed by atoms with Crippen molar-refractivity contribution >= 4 is 52.2 Å². The number of nitrogens with zero attached hydrogens (tertiary/aromatic N) is 4. The van der Waals surface area contributed by atoms with Gasteiger partial charge in [0.1, 0.15) is 5.92 Å². The van der Waals surface area contributed by atoms with E-state index < -0.39 is 23.6 Å². The van der Waals surface area contributed by atoms with Crippen molar-refractivity contribution in [2.75, 3.05) is 32.8 Å². The lowest BCUT2D eigenvalue weighted by Crippen LogP contribution is -2.62. The van der Waals surface area contributed by atoms with E-state index in [0.717, 1.165) is 31.9 Å². The number of carbonyl (C=O) groups excluding carboxylic acids is 3. The Morgan fingerprint density at radius 3 is 2.58 bits per heavy atom. The SMILES string of the molecule is O=C1C(CN2CCOCC2)C(=O)N(C(=O)CCCc2c[nH]c3ccccc23)C(=S)N1/N=C/c1ccccc1. The Morgan fingerprint density at radius 1 is 1.05 bits per heavy atom. The first-order valence-corrected chi connectivity index (χ1v) is 13.1. The van der Waals surface area contributed by atoms with E-state index in [2.05, 4.69) is 10.1 Å². The predicted molar refractivity (Wildman–Crippen MR) is 147 cm³/mol. The molecule has 3 heterocycles. The molecule has 3 aromatic rings. The molecule has 2 fully saturated rings. The van der Waals surface area contributed by atoms with Crippen LogP contribution in [0.25, 0.3) is 10.9 Å². The molecule has 0 spiro atoms. The number of amides is 3. The van der Waals surface area contributed by atoms with Crippen LogP contribution in [0.5, 0.6) is 0 Å². The van der Waals surface area contributed by atoms with Crippen LogP contribution in [0.2, 0.25) is 0 Å². The maximum Gasteiger partial charge on any atom is 0.263 e. The molecule has 0 radical (unpaired) electrons. The molecule has 10 heteroatoms. The molecule has 0 bridgehead atoms. The van der Waals surface area contributed by atoms with Gasteiger partial charge in [-0.05, 0) is 42.3 Å². The molecule has 2 saturated heterocycles. The number of morpholine rings is 1. The molecule has 2 aliphatic rings. The summed E-state index contributed by atoms with van der Waals surface area (Å²) in [4.78, 5) is 46.5. The summed E-state index contributed by atoms with van der Waals surface area (Å²) in [7, 11) is 0. The van der Waals surface area contributed by atoms with Gasteiger partial charge in [0.15, 0.2) is 0 Å². The van der Waals surface area contributed by atoms with Gasteiger partial charge in [-0.25, -0.2) is 4.90 Å². The normalized spacial score (nSPS) is 19.2. The number of aromatic nitrogens is 1. The maximum atomic E-state index is 13.5. The lowest BCUT2D eigenvalue weighted by atomic mass is 10.0. The molecule has 2 aromatic carbocycles. The summed E-state index contributed by atoms with van der Waals surface area (Å²) in [5, 5.41) is 6.23. The highest BCUT2D eigenvalue weighted by atomic mass is 32.1. The number of nitrogens with one attached hydrogen (secondary N) is 1. The molecule has 2 aliphatic heterocycles. The second-order valence-electron chi connectivity index (χ2n) is 9.33. The number of fused-ring (bicyclic) bond motifs is 1. The van der Waals surface area contributed by atoms with Crippen LogP contribution in [0.1, 0.15) is 24.0 Å². The van der Waals surface area contributed by atoms with Crippen LogP contribution >= 0.6 is 12.2 Å². The van der Waals surface area contributed by atoms with Crippen molar-refractivity contribution in [1.82, 2.24) is 19.8 Å². The molecule has 1 atom stereocenters. The van der Waals surface area contributed by atoms with Gasteiger partial charge in [0, 0.05) is 43.2 Å². The number of hydrazone groups is 1. The summed E-state index contributed by atoms with van der Waals surface area (Å²) in [5.74, 6) is -2.62. The number of benzene rings is 2. The fourth-order valence-corrected chi connectivity index (χ4v) is 5.10. The highest BCUT2D eigenvalue weighted by Crippen LogP contribution is 2.23. The number of ether oxygens (including phenoxy) is 1. The molecular formula is C28H29N5O4S. The average molecular weight is 532 g/mol. The van der Waals surface area contributed by atoms with E-state index in [1.165, 1.54) is 6.21 Å². The fraction of sp³-hybridized carbons (Fsp3) is 0.321. The molecular weight excluding hydrogens is 502 g/mol. The molecule has 0 aliphatic carbocycles. The van der Waals surface area contributed by atoms with Gasteiger partial charge < -0.3 is 9.72 Å². The number of hydrogen-bond donors (Lipinski definition) is 1. The second kappa shape index (κ2) is 11.8. The zero-order valence-electron chi connectivity index (χ0n) is 20.9. The summed E-state index contributed by atoms with van der Waals surface area (Å²) in [6, 6.07) is 17.2. The van der Waals surface area contributed by atoms with Crippen LogP contribution in [-0.4, -0.2) is 81.7 Å². The topological polar surface area (TPSA) is 98.3 Å². The Balaban J connectivity index is 1.33. The summed E-state index contributed by atoms with van der Waals surface area (Å²) in [6.45, 7) is 2.45. The van der Waals surface area contributed by atoms with E-state index in [-0.39, 0.29) is 18.1 Å². The zero-order valence-corrected chi connectivity index (χ0v) is 21.7. The van der Waals surface area contributed by atoms with Gasteiger partial charge in [0.05, 0.1) is 19.4 Å². The van der Waals surface area contributed by atoms with Crippen molar-refractivity contribution in [3.05, 3.63) is 71.9 Å². The number of H-pyrrole nitrogens is 1. The Morgan fingerprint density at radius 2 is 1.79 bits per heavy atom. The Kier molecular flexibility index (Phi) is 8.02. The van der Waals surface area contributed by atoms with Crippen LogP contribution in [0.15, 0.2) is 65.9 Å². The standard InChI is InChI=1S/C28H29N5O4S/c34-25(12-6-9-21-18-29-24-11-5-4-10-22(21)24)32-26(35)23(19-31-13-15-37-16-14-31)27(36)33(28(32)38)30-17-20-7-2-1-3-8-20/h1-5,7-8,10-11,17-18,23,29H,6,9,12-16,19H2/b30-17+. The molecule has 1 unspecified atom stereocenters. The fourth-order valence-electron chi connectivity index (χ4n) is 4.77. The predicted octanol–water partition coefficient (Wildman–Crippen LogP) is 2.96. The molecule has 38 heavy (non-hydrogen) atoms. The van der Waals surface area contributed by atoms with Crippen molar-refractivity contribution in [2.45, 2.75) is 19.3 Å². The number of aryl methyl sites for hydroxylation is 1. The van der Waals surface area contributed by atoms with Crippen LogP contribution in [0.3, 0.4) is 0 Å². The van der Waals surface area contributed by atoms with Gasteiger partial charge in [0.2, 0.25) is 16.9 Å². The van der Waals surface area contributed by atoms with Crippen LogP contribution in [0.4, 0.5) is 0 Å². The largest absolute Gasteiger partial charge is 0.379 e. The minimum absolute atomic E-state index is 0.111. The van der Waals surface area contributed by atoms with E-state index in [1.807, 2.05) is 65.7 Å². The average Bonchev–Trinajstić information content (AvgIpc) is 3.35. The van der Waals surface area contributed by atoms with Crippen molar-refractivity contribution < 1.29 is 19.1 Å². The third-order valence-electron chi connectivity index (χ3n) is 6.83. The minimum atomic E-state index is -1.08. The number of carbonyl (C=O) groups is 3. The minimum Gasteiger partial charge on any atom is -0.379 e. The summed E-state index contributed by atoms with van der Waals surface area (Å²) < 4.78 is 5.40. The smallest absolute Gasteiger partial charge is 0.263 e. The molecule has 1 aromatic heterocycles. The van der Waals surface area contributed by atoms with E-state index in [1.54, 1.807) is 0 Å². The van der Waals surface area contributed by atoms with Crippen molar-refractivity contribution in [3.63, 3.8) is 0 Å². The number of aromatic amines is 1. The first-order chi connectivity index (χ1) is 18.5. The number of imide groups is 1. The monoisotopic (exact) mass is 531 g/mol. The van der Waals surface area contributed by atoms with Crippen LogP contribution in [-0.2, 0) is 25.5 Å². The van der Waals surface area contributed by atoms with Gasteiger partial charge in [-0.3, -0.25) is 19.3 Å². The van der Waals surface area contributed by atoms with Crippen molar-refractivity contribution in [1.29, 1.82) is 0 Å². The highest BCUT2D eigenvalue weighted by molar-refractivity contribution is 7.80. The van der Waals surface area contributed by atoms with Gasteiger partial charge in [-0.1, -0.05) is 48.5 Å². The van der Waals surface area contributed by atoms with Gasteiger partial charge in [-0.2, -0.15) is 10.1 Å². The summed E-state index contributed by atoms with van der Waals surface area (Å²) in [6.07, 6.45) is 4.76. The first kappa shape index (κ1) is 25.9. The quantitative estimate of drug-likeness (QED) is 0.273. The number of rotatable bonds is 8. The van der Waals surface area contributed by atoms with E-state index in [0.29, 0.717) is 39.1 Å². The number of para-hydroxylation sites is 1. The van der Waals surface area contributed by atoms with Gasteiger partial charge in [-0.15, -0.1) is 0 Å². The Bertz CT molecular complexity index is 1370. The molecule has 3 amide bonds. The molecule has 1 N–H and O–H groups in total. The van der Waals surface area contributed by atoms with Gasteiger partial charge >= 0.3 is 0 Å². The zero-order chi connectivity index (χ0) is 26.5. The highest BCUT2D eigenvalue weighted by Gasteiger charge is 2.47. The first-order valence-electron chi connectivity index (χ1n) is 12.7. The third-order valence-corrected chi connectivity index (χ3v) is 7.18. The molecule has 196 valence electrons. The van der Waals surface area contributed by atoms with E-state index in [9.17, 15) is 14.4 Å². The van der Waals surface area contributed by atoms with Crippen LogP contribution < -0.4 is 0 Å². The lowest BCUT2D eigenvalue weighted by Gasteiger charge is -2.38. The van der Waals surface area contributed by atoms with Gasteiger partial charge in [0.25, 0.3) is 5.91 Å².